The highest BCUT2D eigenvalue weighted by Crippen LogP contribution is 2.38. The van der Waals surface area contributed by atoms with Crippen molar-refractivity contribution >= 4 is 45.9 Å². The largest absolute Gasteiger partial charge is 0.491 e. The van der Waals surface area contributed by atoms with Crippen LogP contribution in [0.1, 0.15) is 49.5 Å². The number of rotatable bonds is 9. The number of carbonyl (C=O) groups is 1. The molecule has 0 bridgehead atoms. The van der Waals surface area contributed by atoms with Gasteiger partial charge in [0.15, 0.2) is 5.69 Å². The summed E-state index contributed by atoms with van der Waals surface area (Å²) in [6, 6.07) is 17.4. The number of alkyl halides is 1. The van der Waals surface area contributed by atoms with Crippen LogP contribution in [0.3, 0.4) is 0 Å². The smallest absolute Gasteiger partial charge is 0.354 e. The number of anilines is 1. The van der Waals surface area contributed by atoms with Crippen LogP contribution in [0, 0.1) is 0 Å². The number of carboxylic acid groups (broad SMARTS) is 1. The summed E-state index contributed by atoms with van der Waals surface area (Å²) in [6.45, 7) is 4.51. The highest BCUT2D eigenvalue weighted by molar-refractivity contribution is 6.38. The van der Waals surface area contributed by atoms with E-state index in [1.54, 1.807) is 4.57 Å². The number of piperidine rings is 1. The Morgan fingerprint density at radius 1 is 1.08 bits per heavy atom. The van der Waals surface area contributed by atoms with Gasteiger partial charge in [-0.25, -0.2) is 9.78 Å². The van der Waals surface area contributed by atoms with E-state index in [4.69, 9.17) is 32.9 Å². The van der Waals surface area contributed by atoms with Crippen molar-refractivity contribution in [2.45, 2.75) is 44.4 Å². The summed E-state index contributed by atoms with van der Waals surface area (Å²) < 4.78 is 7.73. The Morgan fingerprint density at radius 2 is 1.84 bits per heavy atom. The zero-order chi connectivity index (χ0) is 26.6. The first-order valence-electron chi connectivity index (χ1n) is 13.1. The van der Waals surface area contributed by atoms with Crippen LogP contribution in [0.15, 0.2) is 60.8 Å². The van der Waals surface area contributed by atoms with Crippen LogP contribution in [0.5, 0.6) is 5.75 Å². The lowest BCUT2D eigenvalue weighted by Crippen LogP contribution is -2.29. The molecule has 0 spiro atoms. The van der Waals surface area contributed by atoms with E-state index in [9.17, 15) is 9.90 Å². The Hall–Kier alpha value is -3.22. The maximum Gasteiger partial charge on any atom is 0.354 e. The van der Waals surface area contributed by atoms with E-state index < -0.39 is 5.97 Å². The third-order valence-electron chi connectivity index (χ3n) is 6.98. The molecule has 198 valence electrons. The Morgan fingerprint density at radius 3 is 2.55 bits per heavy atom. The van der Waals surface area contributed by atoms with E-state index in [1.807, 2.05) is 55.6 Å². The second-order valence-electron chi connectivity index (χ2n) is 9.73. The van der Waals surface area contributed by atoms with Crippen molar-refractivity contribution in [3.8, 4) is 22.6 Å². The molecule has 1 unspecified atom stereocenters. The molecule has 0 radical (unpaired) electrons. The maximum absolute atomic E-state index is 12.4. The molecule has 8 heteroatoms. The molecule has 0 aliphatic carbocycles. The van der Waals surface area contributed by atoms with Crippen molar-refractivity contribution in [2.24, 2.45) is 0 Å². The van der Waals surface area contributed by atoms with Gasteiger partial charge in [0.1, 0.15) is 11.6 Å². The van der Waals surface area contributed by atoms with Gasteiger partial charge in [0.2, 0.25) is 0 Å². The second kappa shape index (κ2) is 11.7. The van der Waals surface area contributed by atoms with Crippen LogP contribution in [-0.2, 0) is 0 Å². The van der Waals surface area contributed by atoms with Crippen LogP contribution >= 0.6 is 23.2 Å². The molecular formula is C30H31Cl2N3O3. The number of para-hydroxylation sites is 2. The summed E-state index contributed by atoms with van der Waals surface area (Å²) >= 11 is 12.8. The molecular weight excluding hydrogens is 521 g/mol. The van der Waals surface area contributed by atoms with Gasteiger partial charge in [0.05, 0.1) is 22.8 Å². The van der Waals surface area contributed by atoms with Gasteiger partial charge >= 0.3 is 5.97 Å². The molecule has 1 N–H and O–H groups in total. The third kappa shape index (κ3) is 5.47. The molecule has 2 aromatic carbocycles. The normalized spacial score (nSPS) is 14.6. The van der Waals surface area contributed by atoms with Crippen LogP contribution in [-0.4, -0.2) is 45.7 Å². The van der Waals surface area contributed by atoms with Gasteiger partial charge in [-0.2, -0.15) is 0 Å². The lowest BCUT2D eigenvalue weighted by Gasteiger charge is -2.27. The van der Waals surface area contributed by atoms with Crippen molar-refractivity contribution < 1.29 is 14.6 Å². The highest BCUT2D eigenvalue weighted by atomic mass is 35.5. The van der Waals surface area contributed by atoms with Crippen LogP contribution in [0.25, 0.3) is 27.7 Å². The molecule has 2 aromatic heterocycles. The Balaban J connectivity index is 1.51. The molecule has 4 aromatic rings. The van der Waals surface area contributed by atoms with Gasteiger partial charge < -0.3 is 14.7 Å². The zero-order valence-electron chi connectivity index (χ0n) is 21.4. The lowest BCUT2D eigenvalue weighted by molar-refractivity contribution is 0.0689. The highest BCUT2D eigenvalue weighted by Gasteiger charge is 2.24. The molecule has 6 nitrogen and oxygen atoms in total. The predicted molar refractivity (Wildman–Crippen MR) is 155 cm³/mol. The maximum atomic E-state index is 12.4. The van der Waals surface area contributed by atoms with Gasteiger partial charge in [-0.05, 0) is 81.0 Å². The number of nitrogens with zero attached hydrogens (tertiary/aromatic N) is 3. The Kier molecular flexibility index (Phi) is 8.10. The molecule has 1 aliphatic heterocycles. The number of pyridine rings is 1. The number of ether oxygens (including phenoxy) is 1. The minimum atomic E-state index is -1.11. The number of hydrogen-bond donors (Lipinski definition) is 1. The number of fused-ring (bicyclic) bond motifs is 1. The topological polar surface area (TPSA) is 67.6 Å². The first-order valence-corrected chi connectivity index (χ1v) is 13.9. The summed E-state index contributed by atoms with van der Waals surface area (Å²) in [5.41, 5.74) is 3.19. The van der Waals surface area contributed by atoms with E-state index >= 15 is 0 Å². The third-order valence-corrected chi connectivity index (χ3v) is 7.58. The molecule has 5 rings (SSSR count). The van der Waals surface area contributed by atoms with Crippen molar-refractivity contribution in [1.82, 2.24) is 9.55 Å². The van der Waals surface area contributed by atoms with Crippen LogP contribution in [0.2, 0.25) is 5.02 Å². The van der Waals surface area contributed by atoms with Gasteiger partial charge in [-0.15, -0.1) is 11.6 Å². The van der Waals surface area contributed by atoms with Crippen LogP contribution in [0.4, 0.5) is 5.82 Å². The SMILES string of the molecule is CC(Cl)CCCOc1ccccc1-n1c(C(=O)O)c(Cl)c2cc(-c3ccc(N4CCCCC4)nc3)ccc21. The number of aromatic carboxylic acids is 1. The second-order valence-corrected chi connectivity index (χ2v) is 10.9. The van der Waals surface area contributed by atoms with Crippen molar-refractivity contribution in [2.75, 3.05) is 24.6 Å². The number of benzene rings is 2. The number of halogens is 2. The molecule has 3 heterocycles. The molecule has 1 saturated heterocycles. The Labute approximate surface area is 232 Å². The van der Waals surface area contributed by atoms with Crippen molar-refractivity contribution in [3.05, 3.63) is 71.5 Å². The Bertz CT molecular complexity index is 1430. The molecule has 1 fully saturated rings. The average Bonchev–Trinajstić information content (AvgIpc) is 3.23. The van der Waals surface area contributed by atoms with Crippen molar-refractivity contribution in [1.29, 1.82) is 0 Å². The zero-order valence-corrected chi connectivity index (χ0v) is 22.9. The number of aromatic nitrogens is 2. The molecule has 0 saturated carbocycles. The first-order chi connectivity index (χ1) is 18.4. The lowest BCUT2D eigenvalue weighted by atomic mass is 10.1. The fourth-order valence-electron chi connectivity index (χ4n) is 5.05. The summed E-state index contributed by atoms with van der Waals surface area (Å²) in [5.74, 6) is 0.474. The quantitative estimate of drug-likeness (QED) is 0.169. The fraction of sp³-hybridized carbons (Fsp3) is 0.333. The van der Waals surface area contributed by atoms with E-state index in [1.165, 1.54) is 19.3 Å². The molecule has 1 atom stereocenters. The summed E-state index contributed by atoms with van der Waals surface area (Å²) in [4.78, 5) is 19.4. The van der Waals surface area contributed by atoms with E-state index in [2.05, 4.69) is 17.0 Å². The summed E-state index contributed by atoms with van der Waals surface area (Å²) in [7, 11) is 0. The van der Waals surface area contributed by atoms with Crippen molar-refractivity contribution in [3.63, 3.8) is 0 Å². The fourth-order valence-corrected chi connectivity index (χ4v) is 5.52. The van der Waals surface area contributed by atoms with E-state index in [-0.39, 0.29) is 16.1 Å². The monoisotopic (exact) mass is 551 g/mol. The molecule has 0 amide bonds. The predicted octanol–water partition coefficient (Wildman–Crippen LogP) is 7.82. The van der Waals surface area contributed by atoms with E-state index in [0.29, 0.717) is 28.9 Å². The molecule has 1 aliphatic rings. The standard InChI is InChI=1S/C30H31Cl2N3O3/c1-20(31)8-7-17-38-26-10-4-3-9-25(26)35-24-13-11-21(18-23(24)28(32)29(35)30(36)37)22-12-14-27(33-19-22)34-15-5-2-6-16-34/h3-4,9-14,18-20H,2,5-8,15-17H2,1H3,(H,36,37). The minimum absolute atomic E-state index is 0.00261. The van der Waals surface area contributed by atoms with E-state index in [0.717, 1.165) is 42.9 Å². The summed E-state index contributed by atoms with van der Waals surface area (Å²) in [5, 5.41) is 11.1. The summed E-state index contributed by atoms with van der Waals surface area (Å²) in [6.07, 6.45) is 7.17. The minimum Gasteiger partial charge on any atom is -0.491 e. The number of hydrogen-bond acceptors (Lipinski definition) is 4. The van der Waals surface area contributed by atoms with Gasteiger partial charge in [-0.1, -0.05) is 29.8 Å². The van der Waals surface area contributed by atoms with Gasteiger partial charge in [0.25, 0.3) is 0 Å². The first kappa shape index (κ1) is 26.4. The number of carboxylic acids is 1. The average molecular weight is 553 g/mol. The molecule has 38 heavy (non-hydrogen) atoms. The van der Waals surface area contributed by atoms with Crippen LogP contribution < -0.4 is 9.64 Å². The van der Waals surface area contributed by atoms with Gasteiger partial charge in [0, 0.05) is 35.6 Å². The van der Waals surface area contributed by atoms with Gasteiger partial charge in [-0.3, -0.25) is 4.57 Å².